The van der Waals surface area contributed by atoms with Crippen LogP contribution in [-0.4, -0.2) is 53.6 Å². The Bertz CT molecular complexity index is 516. The number of nitrogens with zero attached hydrogens (tertiary/aromatic N) is 3. The quantitative estimate of drug-likeness (QED) is 0.901. The average Bonchev–Trinajstić information content (AvgIpc) is 3.12. The molecule has 0 aromatic carbocycles. The van der Waals surface area contributed by atoms with Crippen molar-refractivity contribution in [1.82, 2.24) is 15.5 Å². The maximum absolute atomic E-state index is 13.8. The summed E-state index contributed by atoms with van der Waals surface area (Å²) < 4.78 is 19.3. The van der Waals surface area contributed by atoms with Gasteiger partial charge in [0.15, 0.2) is 5.82 Å². The lowest BCUT2D eigenvalue weighted by atomic mass is 10.1. The molecule has 0 aliphatic carbocycles. The molecule has 7 heteroatoms. The van der Waals surface area contributed by atoms with Gasteiger partial charge in [-0.25, -0.2) is 4.39 Å². The van der Waals surface area contributed by atoms with E-state index in [0.717, 1.165) is 12.8 Å². The predicted octanol–water partition coefficient (Wildman–Crippen LogP) is 1.08. The molecule has 0 bridgehead atoms. The molecule has 1 amide bonds. The topological polar surface area (TPSA) is 67.4 Å². The largest absolute Gasteiger partial charge is 0.365 e. The number of carbonyl (C=O) groups excluding carboxylic acids is 1. The van der Waals surface area contributed by atoms with E-state index in [0.29, 0.717) is 18.8 Å². The second kappa shape index (κ2) is 6.56. The molecule has 2 saturated heterocycles. The van der Waals surface area contributed by atoms with Crippen molar-refractivity contribution in [2.45, 2.75) is 50.6 Å². The Hall–Kier alpha value is -1.76. The van der Waals surface area contributed by atoms with Gasteiger partial charge >= 0.3 is 0 Å². The van der Waals surface area contributed by atoms with Crippen LogP contribution < -0.4 is 10.2 Å². The Morgan fingerprint density at radius 3 is 3.09 bits per heavy atom. The Morgan fingerprint density at radius 1 is 1.55 bits per heavy atom. The summed E-state index contributed by atoms with van der Waals surface area (Å²) in [5.41, 5.74) is 0. The molecule has 3 rings (SSSR count). The third kappa shape index (κ3) is 3.35. The third-order valence-corrected chi connectivity index (χ3v) is 4.25. The number of nitrogens with one attached hydrogen (secondary N) is 1. The molecule has 22 heavy (non-hydrogen) atoms. The molecule has 2 fully saturated rings. The van der Waals surface area contributed by atoms with Crippen molar-refractivity contribution < 1.29 is 13.9 Å². The van der Waals surface area contributed by atoms with Gasteiger partial charge in [0.1, 0.15) is 12.3 Å². The number of alkyl halides is 1. The average molecular weight is 308 g/mol. The van der Waals surface area contributed by atoms with Gasteiger partial charge in [0, 0.05) is 19.2 Å². The van der Waals surface area contributed by atoms with E-state index in [1.165, 1.54) is 0 Å². The Kier molecular flexibility index (Phi) is 4.52. The molecule has 1 aromatic rings. The first-order valence-electron chi connectivity index (χ1n) is 7.75. The van der Waals surface area contributed by atoms with Gasteiger partial charge in [0.25, 0.3) is 0 Å². The highest BCUT2D eigenvalue weighted by Crippen LogP contribution is 2.25. The van der Waals surface area contributed by atoms with E-state index < -0.39 is 6.17 Å². The highest BCUT2D eigenvalue weighted by molar-refractivity contribution is 5.81. The molecule has 4 atom stereocenters. The summed E-state index contributed by atoms with van der Waals surface area (Å²) in [6.07, 6.45) is 2.47. The lowest BCUT2D eigenvalue weighted by molar-refractivity contribution is -0.131. The summed E-state index contributed by atoms with van der Waals surface area (Å²) in [4.78, 5) is 14.0. The van der Waals surface area contributed by atoms with Crippen molar-refractivity contribution in [3.8, 4) is 0 Å². The molecule has 2 aliphatic heterocycles. The van der Waals surface area contributed by atoms with Crippen molar-refractivity contribution >= 4 is 11.7 Å². The van der Waals surface area contributed by atoms with Crippen molar-refractivity contribution in [3.63, 3.8) is 0 Å². The zero-order valence-electron chi connectivity index (χ0n) is 12.6. The number of hydrogen-bond acceptors (Lipinski definition) is 5. The van der Waals surface area contributed by atoms with Gasteiger partial charge in [-0.2, -0.15) is 5.10 Å². The Morgan fingerprint density at radius 2 is 2.41 bits per heavy atom. The predicted molar refractivity (Wildman–Crippen MR) is 79.3 cm³/mol. The number of anilines is 1. The molecular weight excluding hydrogens is 287 g/mol. The molecule has 3 heterocycles. The summed E-state index contributed by atoms with van der Waals surface area (Å²) in [7, 11) is 0. The summed E-state index contributed by atoms with van der Waals surface area (Å²) in [5.74, 6) is 0.540. The Balaban J connectivity index is 1.57. The SMILES string of the molecule is CC1CCC(C(=O)NC[C@@H]2C[C@H](F)CN2c2cccnn2)O1. The number of ether oxygens (including phenoxy) is 1. The van der Waals surface area contributed by atoms with Gasteiger partial charge in [-0.1, -0.05) is 0 Å². The smallest absolute Gasteiger partial charge is 0.249 e. The van der Waals surface area contributed by atoms with Crippen molar-refractivity contribution in [2.75, 3.05) is 18.0 Å². The van der Waals surface area contributed by atoms with Crippen LogP contribution in [-0.2, 0) is 9.53 Å². The molecule has 120 valence electrons. The number of halogens is 1. The fourth-order valence-corrected chi connectivity index (χ4v) is 3.11. The second-order valence-electron chi connectivity index (χ2n) is 5.98. The summed E-state index contributed by atoms with van der Waals surface area (Å²) in [6, 6.07) is 3.48. The standard InChI is InChI=1S/C15H21FN4O2/c1-10-4-5-13(22-10)15(21)17-8-12-7-11(16)9-20(12)14-3-2-6-18-19-14/h2-3,6,10-13H,4-5,7-9H2,1H3,(H,17,21)/t10?,11-,12-,13?/m0/s1. The fourth-order valence-electron chi connectivity index (χ4n) is 3.11. The minimum atomic E-state index is -0.910. The molecular formula is C15H21FN4O2. The van der Waals surface area contributed by atoms with Gasteiger partial charge < -0.3 is 15.0 Å². The monoisotopic (exact) mass is 308 g/mol. The van der Waals surface area contributed by atoms with Crippen LogP contribution in [0.2, 0.25) is 0 Å². The molecule has 1 N–H and O–H groups in total. The zero-order chi connectivity index (χ0) is 15.5. The molecule has 2 unspecified atom stereocenters. The van der Waals surface area contributed by atoms with Crippen LogP contribution in [0.3, 0.4) is 0 Å². The number of aromatic nitrogens is 2. The first-order valence-corrected chi connectivity index (χ1v) is 7.75. The van der Waals surface area contributed by atoms with E-state index in [1.54, 1.807) is 12.3 Å². The molecule has 0 spiro atoms. The van der Waals surface area contributed by atoms with Crippen molar-refractivity contribution in [2.24, 2.45) is 0 Å². The van der Waals surface area contributed by atoms with E-state index in [2.05, 4.69) is 15.5 Å². The molecule has 0 radical (unpaired) electrons. The highest BCUT2D eigenvalue weighted by Gasteiger charge is 2.34. The van der Waals surface area contributed by atoms with Crippen molar-refractivity contribution in [1.29, 1.82) is 0 Å². The maximum Gasteiger partial charge on any atom is 0.249 e. The van der Waals surface area contributed by atoms with E-state index in [-0.39, 0.29) is 30.7 Å². The number of carbonyl (C=O) groups is 1. The van der Waals surface area contributed by atoms with Crippen molar-refractivity contribution in [3.05, 3.63) is 18.3 Å². The molecule has 0 saturated carbocycles. The first kappa shape index (κ1) is 15.1. The van der Waals surface area contributed by atoms with Crippen LogP contribution in [0.1, 0.15) is 26.2 Å². The van der Waals surface area contributed by atoms with E-state index in [9.17, 15) is 9.18 Å². The van der Waals surface area contributed by atoms with Gasteiger partial charge in [0.05, 0.1) is 18.7 Å². The van der Waals surface area contributed by atoms with E-state index in [4.69, 9.17) is 4.74 Å². The van der Waals surface area contributed by atoms with Gasteiger partial charge in [-0.15, -0.1) is 5.10 Å². The highest BCUT2D eigenvalue weighted by atomic mass is 19.1. The van der Waals surface area contributed by atoms with Crippen LogP contribution >= 0.6 is 0 Å². The summed E-state index contributed by atoms with van der Waals surface area (Å²) in [5, 5.41) is 10.8. The minimum Gasteiger partial charge on any atom is -0.365 e. The minimum absolute atomic E-state index is 0.102. The van der Waals surface area contributed by atoms with E-state index >= 15 is 0 Å². The lowest BCUT2D eigenvalue weighted by Crippen LogP contribution is -2.44. The number of rotatable bonds is 4. The van der Waals surface area contributed by atoms with Crippen LogP contribution in [0.5, 0.6) is 0 Å². The number of hydrogen-bond donors (Lipinski definition) is 1. The van der Waals surface area contributed by atoms with Gasteiger partial charge in [0.2, 0.25) is 5.91 Å². The van der Waals surface area contributed by atoms with Gasteiger partial charge in [-0.3, -0.25) is 4.79 Å². The number of amides is 1. The molecule has 6 nitrogen and oxygen atoms in total. The van der Waals surface area contributed by atoms with Gasteiger partial charge in [-0.05, 0) is 31.9 Å². The summed E-state index contributed by atoms with van der Waals surface area (Å²) in [6.45, 7) is 2.65. The first-order chi connectivity index (χ1) is 10.6. The molecule has 2 aliphatic rings. The zero-order valence-corrected chi connectivity index (χ0v) is 12.6. The summed E-state index contributed by atoms with van der Waals surface area (Å²) >= 11 is 0. The fraction of sp³-hybridized carbons (Fsp3) is 0.667. The Labute approximate surface area is 129 Å². The normalized spacial score (nSPS) is 31.5. The van der Waals surface area contributed by atoms with Crippen LogP contribution in [0.25, 0.3) is 0 Å². The second-order valence-corrected chi connectivity index (χ2v) is 5.98. The maximum atomic E-state index is 13.8. The van der Waals surface area contributed by atoms with Crippen LogP contribution in [0, 0.1) is 0 Å². The van der Waals surface area contributed by atoms with Crippen LogP contribution in [0.4, 0.5) is 10.2 Å². The molecule has 1 aromatic heterocycles. The van der Waals surface area contributed by atoms with E-state index in [1.807, 2.05) is 17.9 Å². The third-order valence-electron chi connectivity index (χ3n) is 4.25. The lowest BCUT2D eigenvalue weighted by Gasteiger charge is -2.25. The van der Waals surface area contributed by atoms with Crippen LogP contribution in [0.15, 0.2) is 18.3 Å².